The number of halogens is 1. The molecule has 8 heteroatoms. The standard InChI is InChI=1S/C27H37FN4O3/c1-25-10-16-11-26(2,13-25)15-27(12-16,14-25)32-24(35)31-21-8-5-18(9-20(21)28)23(34)30-19-6-3-17(4-7-19)22(29)33/h5,8-9,16-17,19H,3-4,6-7,10-15H2,1-2H3,(H2,29,33)(H,30,34)(H2,31,32,35). The monoisotopic (exact) mass is 484 g/mol. The average Bonchev–Trinajstić information content (AvgIpc) is 2.72. The smallest absolute Gasteiger partial charge is 0.319 e. The summed E-state index contributed by atoms with van der Waals surface area (Å²) in [6.45, 7) is 4.69. The van der Waals surface area contributed by atoms with Crippen LogP contribution in [0.15, 0.2) is 18.2 Å². The number of rotatable bonds is 5. The lowest BCUT2D eigenvalue weighted by molar-refractivity contribution is -0.122. The SMILES string of the molecule is CC12CC3CC(C)(C1)CC(NC(=O)Nc1ccc(C(=O)NC4CCC(C(N)=O)CC4)cc1F)(C3)C2. The van der Waals surface area contributed by atoms with Gasteiger partial charge in [-0.2, -0.15) is 0 Å². The summed E-state index contributed by atoms with van der Waals surface area (Å²) in [5.74, 6) is -0.800. The van der Waals surface area contributed by atoms with E-state index in [0.717, 1.165) is 25.3 Å². The summed E-state index contributed by atoms with van der Waals surface area (Å²) >= 11 is 0. The van der Waals surface area contributed by atoms with Crippen molar-refractivity contribution in [1.29, 1.82) is 0 Å². The third-order valence-corrected chi connectivity index (χ3v) is 8.95. The summed E-state index contributed by atoms with van der Waals surface area (Å²) in [5.41, 5.74) is 5.93. The largest absolute Gasteiger partial charge is 0.369 e. The minimum atomic E-state index is -0.644. The highest BCUT2D eigenvalue weighted by atomic mass is 19.1. The van der Waals surface area contributed by atoms with E-state index < -0.39 is 5.82 Å². The zero-order valence-electron chi connectivity index (χ0n) is 20.7. The lowest BCUT2D eigenvalue weighted by atomic mass is 9.43. The maximum absolute atomic E-state index is 14.8. The highest BCUT2D eigenvalue weighted by molar-refractivity contribution is 5.96. The molecule has 5 aliphatic rings. The molecule has 7 nitrogen and oxygen atoms in total. The Morgan fingerprint density at radius 2 is 1.63 bits per heavy atom. The Morgan fingerprint density at radius 1 is 0.971 bits per heavy atom. The molecule has 0 heterocycles. The Bertz CT molecular complexity index is 1030. The number of urea groups is 1. The number of anilines is 1. The van der Waals surface area contributed by atoms with Gasteiger partial charge in [-0.05, 0) is 99.2 Å². The first kappa shape index (κ1) is 24.1. The first-order valence-corrected chi connectivity index (χ1v) is 12.9. The molecule has 0 aliphatic heterocycles. The fraction of sp³-hybridized carbons (Fsp3) is 0.667. The van der Waals surface area contributed by atoms with Crippen LogP contribution in [0, 0.1) is 28.5 Å². The van der Waals surface area contributed by atoms with Crippen molar-refractivity contribution in [2.24, 2.45) is 28.4 Å². The molecule has 5 aliphatic carbocycles. The van der Waals surface area contributed by atoms with Crippen molar-refractivity contribution in [2.75, 3.05) is 5.32 Å². The zero-order valence-corrected chi connectivity index (χ0v) is 20.7. The lowest BCUT2D eigenvalue weighted by Gasteiger charge is -2.65. The molecule has 1 aromatic carbocycles. The number of amides is 4. The van der Waals surface area contributed by atoms with Gasteiger partial charge in [0.1, 0.15) is 5.82 Å². The minimum absolute atomic E-state index is 0.0585. The molecule has 190 valence electrons. The fourth-order valence-electron chi connectivity index (χ4n) is 8.53. The van der Waals surface area contributed by atoms with E-state index in [1.54, 1.807) is 0 Å². The molecule has 6 rings (SSSR count). The van der Waals surface area contributed by atoms with Gasteiger partial charge in [0.25, 0.3) is 5.91 Å². The number of nitrogens with one attached hydrogen (secondary N) is 3. The van der Waals surface area contributed by atoms with Crippen LogP contribution < -0.4 is 21.7 Å². The van der Waals surface area contributed by atoms with Crippen LogP contribution in [0.1, 0.15) is 88.4 Å². The minimum Gasteiger partial charge on any atom is -0.369 e. The number of carbonyl (C=O) groups is 3. The quantitative estimate of drug-likeness (QED) is 0.494. The molecule has 0 spiro atoms. The van der Waals surface area contributed by atoms with Gasteiger partial charge in [0.15, 0.2) is 0 Å². The molecule has 5 N–H and O–H groups in total. The normalized spacial score (nSPS) is 37.5. The van der Waals surface area contributed by atoms with Gasteiger partial charge in [0.05, 0.1) is 5.69 Å². The fourth-order valence-corrected chi connectivity index (χ4v) is 8.53. The van der Waals surface area contributed by atoms with Crippen LogP contribution in [0.25, 0.3) is 0 Å². The topological polar surface area (TPSA) is 113 Å². The third-order valence-electron chi connectivity index (χ3n) is 8.95. The second-order valence-corrected chi connectivity index (χ2v) is 12.6. The van der Waals surface area contributed by atoms with E-state index in [2.05, 4.69) is 29.8 Å². The van der Waals surface area contributed by atoms with E-state index in [1.165, 1.54) is 31.4 Å². The molecule has 0 saturated heterocycles. The van der Waals surface area contributed by atoms with Crippen LogP contribution in [0.4, 0.5) is 14.9 Å². The van der Waals surface area contributed by atoms with E-state index in [9.17, 15) is 18.8 Å². The van der Waals surface area contributed by atoms with Crippen LogP contribution in [-0.4, -0.2) is 29.4 Å². The highest BCUT2D eigenvalue weighted by Gasteiger charge is 2.60. The van der Waals surface area contributed by atoms with E-state index in [0.29, 0.717) is 31.6 Å². The van der Waals surface area contributed by atoms with Gasteiger partial charge in [-0.3, -0.25) is 9.59 Å². The molecule has 5 saturated carbocycles. The first-order valence-electron chi connectivity index (χ1n) is 12.9. The third kappa shape index (κ3) is 4.89. The Balaban J connectivity index is 1.18. The molecule has 5 fully saturated rings. The van der Waals surface area contributed by atoms with E-state index in [4.69, 9.17) is 5.73 Å². The molecule has 1 aromatic rings. The molecule has 0 radical (unpaired) electrons. The van der Waals surface area contributed by atoms with Gasteiger partial charge in [-0.15, -0.1) is 0 Å². The summed E-state index contributed by atoms with van der Waals surface area (Å²) in [6.07, 6.45) is 9.26. The van der Waals surface area contributed by atoms with Crippen LogP contribution in [-0.2, 0) is 4.79 Å². The predicted molar refractivity (Wildman–Crippen MR) is 131 cm³/mol. The second kappa shape index (κ2) is 8.49. The Labute approximate surface area is 206 Å². The molecule has 2 unspecified atom stereocenters. The van der Waals surface area contributed by atoms with Gasteiger partial charge in [-0.1, -0.05) is 13.8 Å². The van der Waals surface area contributed by atoms with Crippen LogP contribution >= 0.6 is 0 Å². The number of carbonyl (C=O) groups excluding carboxylic acids is 3. The van der Waals surface area contributed by atoms with Gasteiger partial charge in [0, 0.05) is 23.1 Å². The highest BCUT2D eigenvalue weighted by Crippen LogP contribution is 2.66. The Hall–Kier alpha value is -2.64. The van der Waals surface area contributed by atoms with Crippen molar-refractivity contribution in [2.45, 2.75) is 89.6 Å². The van der Waals surface area contributed by atoms with Crippen molar-refractivity contribution in [3.05, 3.63) is 29.6 Å². The maximum Gasteiger partial charge on any atom is 0.319 e. The van der Waals surface area contributed by atoms with Crippen LogP contribution in [0.3, 0.4) is 0 Å². The molecule has 0 aromatic heterocycles. The van der Waals surface area contributed by atoms with Gasteiger partial charge >= 0.3 is 6.03 Å². The Kier molecular flexibility index (Phi) is 5.84. The number of hydrogen-bond acceptors (Lipinski definition) is 3. The number of benzene rings is 1. The summed E-state index contributed by atoms with van der Waals surface area (Å²) in [7, 11) is 0. The molecule has 2 atom stereocenters. The second-order valence-electron chi connectivity index (χ2n) is 12.6. The van der Waals surface area contributed by atoms with Crippen molar-refractivity contribution in [3.63, 3.8) is 0 Å². The van der Waals surface area contributed by atoms with E-state index >= 15 is 0 Å². The molecule has 4 bridgehead atoms. The molecular formula is C27H37FN4O3. The summed E-state index contributed by atoms with van der Waals surface area (Å²) in [6, 6.07) is 3.67. The van der Waals surface area contributed by atoms with Crippen molar-refractivity contribution in [3.8, 4) is 0 Å². The van der Waals surface area contributed by atoms with Crippen molar-refractivity contribution >= 4 is 23.5 Å². The van der Waals surface area contributed by atoms with E-state index in [-0.39, 0.29) is 57.4 Å². The molecule has 4 amide bonds. The lowest BCUT2D eigenvalue weighted by Crippen LogP contribution is -2.65. The van der Waals surface area contributed by atoms with Gasteiger partial charge in [-0.25, -0.2) is 9.18 Å². The zero-order chi connectivity index (χ0) is 25.0. The van der Waals surface area contributed by atoms with Crippen LogP contribution in [0.2, 0.25) is 0 Å². The first-order chi connectivity index (χ1) is 16.5. The predicted octanol–water partition coefficient (Wildman–Crippen LogP) is 4.47. The number of hydrogen-bond donors (Lipinski definition) is 4. The number of nitrogens with two attached hydrogens (primary N) is 1. The maximum atomic E-state index is 14.8. The van der Waals surface area contributed by atoms with E-state index in [1.807, 2.05) is 0 Å². The van der Waals surface area contributed by atoms with Crippen LogP contribution in [0.5, 0.6) is 0 Å². The average molecular weight is 485 g/mol. The number of primary amides is 1. The van der Waals surface area contributed by atoms with Gasteiger partial charge < -0.3 is 21.7 Å². The summed E-state index contributed by atoms with van der Waals surface area (Å²) in [4.78, 5) is 36.9. The Morgan fingerprint density at radius 3 is 2.20 bits per heavy atom. The molecular weight excluding hydrogens is 447 g/mol. The molecule has 35 heavy (non-hydrogen) atoms. The summed E-state index contributed by atoms with van der Waals surface area (Å²) in [5, 5.41) is 8.81. The van der Waals surface area contributed by atoms with Gasteiger partial charge in [0.2, 0.25) is 5.91 Å². The van der Waals surface area contributed by atoms with Crippen molar-refractivity contribution in [1.82, 2.24) is 10.6 Å². The van der Waals surface area contributed by atoms with Crippen molar-refractivity contribution < 1.29 is 18.8 Å². The summed E-state index contributed by atoms with van der Waals surface area (Å²) < 4.78 is 14.8.